The standard InChI is InChI=1S/C24H25N3O2/c1-19(28)25-21-12-14-22(15-13-21)26-24(29)16-17-27(23-10-6-3-7-11-23)18-20-8-4-2-5-9-20/h2-15H,16-18H2,1H3,(H,25,28)(H,26,29). The third kappa shape index (κ3) is 6.50. The minimum Gasteiger partial charge on any atom is -0.367 e. The van der Waals surface area contributed by atoms with Crippen molar-refractivity contribution in [1.29, 1.82) is 0 Å². The Balaban J connectivity index is 1.59. The van der Waals surface area contributed by atoms with Crippen LogP contribution in [0.3, 0.4) is 0 Å². The molecule has 0 saturated carbocycles. The third-order valence-corrected chi connectivity index (χ3v) is 4.44. The second-order valence-corrected chi connectivity index (χ2v) is 6.80. The number of nitrogens with one attached hydrogen (secondary N) is 2. The molecule has 5 nitrogen and oxygen atoms in total. The molecule has 2 amide bonds. The fraction of sp³-hybridized carbons (Fsp3) is 0.167. The number of anilines is 3. The third-order valence-electron chi connectivity index (χ3n) is 4.44. The molecule has 0 aliphatic rings. The van der Waals surface area contributed by atoms with Crippen LogP contribution in [0.15, 0.2) is 84.9 Å². The van der Waals surface area contributed by atoms with E-state index in [1.165, 1.54) is 12.5 Å². The van der Waals surface area contributed by atoms with E-state index in [2.05, 4.69) is 39.8 Å². The van der Waals surface area contributed by atoms with Gasteiger partial charge in [-0.05, 0) is 42.0 Å². The molecule has 0 atom stereocenters. The number of carbonyl (C=O) groups excluding carboxylic acids is 2. The number of carbonyl (C=O) groups is 2. The summed E-state index contributed by atoms with van der Waals surface area (Å²) in [7, 11) is 0. The van der Waals surface area contributed by atoms with Crippen molar-refractivity contribution in [2.24, 2.45) is 0 Å². The zero-order valence-corrected chi connectivity index (χ0v) is 16.5. The second-order valence-electron chi connectivity index (χ2n) is 6.80. The van der Waals surface area contributed by atoms with E-state index in [-0.39, 0.29) is 11.8 Å². The van der Waals surface area contributed by atoms with Gasteiger partial charge in [-0.1, -0.05) is 48.5 Å². The largest absolute Gasteiger partial charge is 0.367 e. The minimum absolute atomic E-state index is 0.0498. The highest BCUT2D eigenvalue weighted by Crippen LogP contribution is 2.18. The molecule has 148 valence electrons. The highest BCUT2D eigenvalue weighted by atomic mass is 16.2. The van der Waals surface area contributed by atoms with Crippen LogP contribution >= 0.6 is 0 Å². The number of rotatable bonds is 8. The first-order valence-electron chi connectivity index (χ1n) is 9.61. The van der Waals surface area contributed by atoms with Crippen molar-refractivity contribution in [1.82, 2.24) is 0 Å². The summed E-state index contributed by atoms with van der Waals surface area (Å²) in [6, 6.07) is 27.4. The summed E-state index contributed by atoms with van der Waals surface area (Å²) in [6.45, 7) is 2.81. The highest BCUT2D eigenvalue weighted by molar-refractivity contribution is 5.92. The van der Waals surface area contributed by atoms with E-state index >= 15 is 0 Å². The maximum absolute atomic E-state index is 12.5. The van der Waals surface area contributed by atoms with E-state index in [4.69, 9.17) is 0 Å². The first-order valence-corrected chi connectivity index (χ1v) is 9.61. The monoisotopic (exact) mass is 387 g/mol. The Bertz CT molecular complexity index is 925. The predicted molar refractivity (Wildman–Crippen MR) is 118 cm³/mol. The van der Waals surface area contributed by atoms with E-state index in [1.807, 2.05) is 36.4 Å². The van der Waals surface area contributed by atoms with Crippen molar-refractivity contribution >= 4 is 28.9 Å². The van der Waals surface area contributed by atoms with Crippen molar-refractivity contribution in [2.75, 3.05) is 22.1 Å². The van der Waals surface area contributed by atoms with Gasteiger partial charge in [0, 0.05) is 43.5 Å². The summed E-state index contributed by atoms with van der Waals surface area (Å²) in [5.74, 6) is -0.174. The average Bonchev–Trinajstić information content (AvgIpc) is 2.73. The van der Waals surface area contributed by atoms with Crippen molar-refractivity contribution in [2.45, 2.75) is 19.9 Å². The topological polar surface area (TPSA) is 61.4 Å². The van der Waals surface area contributed by atoms with Crippen LogP contribution in [0.4, 0.5) is 17.1 Å². The van der Waals surface area contributed by atoms with Gasteiger partial charge in [-0.15, -0.1) is 0 Å². The van der Waals surface area contributed by atoms with Gasteiger partial charge in [-0.3, -0.25) is 9.59 Å². The highest BCUT2D eigenvalue weighted by Gasteiger charge is 2.10. The van der Waals surface area contributed by atoms with E-state index in [0.29, 0.717) is 24.3 Å². The van der Waals surface area contributed by atoms with Crippen molar-refractivity contribution < 1.29 is 9.59 Å². The van der Waals surface area contributed by atoms with Gasteiger partial charge in [-0.2, -0.15) is 0 Å². The molecule has 5 heteroatoms. The fourth-order valence-electron chi connectivity index (χ4n) is 3.04. The lowest BCUT2D eigenvalue weighted by molar-refractivity contribution is -0.116. The summed E-state index contributed by atoms with van der Waals surface area (Å²) in [6.07, 6.45) is 0.370. The predicted octanol–water partition coefficient (Wildman–Crippen LogP) is 4.68. The number of hydrogen-bond donors (Lipinski definition) is 2. The minimum atomic E-state index is -0.124. The van der Waals surface area contributed by atoms with Crippen molar-refractivity contribution in [3.8, 4) is 0 Å². The van der Waals surface area contributed by atoms with E-state index in [1.54, 1.807) is 24.3 Å². The number of nitrogens with zero attached hydrogens (tertiary/aromatic N) is 1. The number of amides is 2. The first-order chi connectivity index (χ1) is 14.1. The summed E-state index contributed by atoms with van der Waals surface area (Å²) in [5, 5.41) is 5.62. The summed E-state index contributed by atoms with van der Waals surface area (Å²) in [5.41, 5.74) is 3.70. The molecule has 0 spiro atoms. The van der Waals surface area contributed by atoms with Crippen LogP contribution in [-0.2, 0) is 16.1 Å². The molecule has 0 aromatic heterocycles. The van der Waals surface area contributed by atoms with Gasteiger partial charge in [0.1, 0.15) is 0 Å². The first kappa shape index (κ1) is 20.1. The molecule has 0 saturated heterocycles. The smallest absolute Gasteiger partial charge is 0.226 e. The Morgan fingerprint density at radius 2 is 1.31 bits per heavy atom. The van der Waals surface area contributed by atoms with Gasteiger partial charge in [0.25, 0.3) is 0 Å². The van der Waals surface area contributed by atoms with Crippen molar-refractivity contribution in [3.05, 3.63) is 90.5 Å². The fourth-order valence-corrected chi connectivity index (χ4v) is 3.04. The summed E-state index contributed by atoms with van der Waals surface area (Å²) in [4.78, 5) is 25.7. The molecule has 0 aliphatic heterocycles. The number of para-hydroxylation sites is 1. The van der Waals surface area contributed by atoms with Crippen LogP contribution in [0.25, 0.3) is 0 Å². The second kappa shape index (κ2) is 10.1. The van der Waals surface area contributed by atoms with E-state index in [9.17, 15) is 9.59 Å². The van der Waals surface area contributed by atoms with Crippen LogP contribution in [-0.4, -0.2) is 18.4 Å². The van der Waals surface area contributed by atoms with Gasteiger partial charge in [0.05, 0.1) is 0 Å². The van der Waals surface area contributed by atoms with Gasteiger partial charge >= 0.3 is 0 Å². The normalized spacial score (nSPS) is 10.2. The van der Waals surface area contributed by atoms with Gasteiger partial charge in [0.2, 0.25) is 11.8 Å². The lowest BCUT2D eigenvalue weighted by atomic mass is 10.2. The van der Waals surface area contributed by atoms with Crippen LogP contribution in [0.1, 0.15) is 18.9 Å². The van der Waals surface area contributed by atoms with Crippen LogP contribution in [0.5, 0.6) is 0 Å². The summed E-state index contributed by atoms with van der Waals surface area (Å²) < 4.78 is 0. The molecule has 3 rings (SSSR count). The molecular weight excluding hydrogens is 362 g/mol. The molecule has 0 fully saturated rings. The van der Waals surface area contributed by atoms with E-state index in [0.717, 1.165) is 12.2 Å². The average molecular weight is 387 g/mol. The molecule has 0 aliphatic carbocycles. The molecule has 0 radical (unpaired) electrons. The van der Waals surface area contributed by atoms with Crippen LogP contribution in [0.2, 0.25) is 0 Å². The lowest BCUT2D eigenvalue weighted by Crippen LogP contribution is -2.27. The quantitative estimate of drug-likeness (QED) is 0.590. The molecule has 0 bridgehead atoms. The van der Waals surface area contributed by atoms with Gasteiger partial charge in [-0.25, -0.2) is 0 Å². The SMILES string of the molecule is CC(=O)Nc1ccc(NC(=O)CCN(Cc2ccccc2)c2ccccc2)cc1. The Labute approximate surface area is 171 Å². The Kier molecular flexibility index (Phi) is 7.00. The molecule has 0 unspecified atom stereocenters. The molecule has 3 aromatic carbocycles. The Hall–Kier alpha value is -3.60. The maximum atomic E-state index is 12.5. The lowest BCUT2D eigenvalue weighted by Gasteiger charge is -2.25. The zero-order valence-electron chi connectivity index (χ0n) is 16.5. The van der Waals surface area contributed by atoms with E-state index < -0.39 is 0 Å². The summed E-state index contributed by atoms with van der Waals surface area (Å²) >= 11 is 0. The van der Waals surface area contributed by atoms with Crippen LogP contribution in [0, 0.1) is 0 Å². The van der Waals surface area contributed by atoms with Gasteiger partial charge < -0.3 is 15.5 Å². The Morgan fingerprint density at radius 3 is 1.90 bits per heavy atom. The zero-order chi connectivity index (χ0) is 20.5. The number of benzene rings is 3. The van der Waals surface area contributed by atoms with Crippen molar-refractivity contribution in [3.63, 3.8) is 0 Å². The molecule has 29 heavy (non-hydrogen) atoms. The van der Waals surface area contributed by atoms with Gasteiger partial charge in [0.15, 0.2) is 0 Å². The maximum Gasteiger partial charge on any atom is 0.226 e. The Morgan fingerprint density at radius 1 is 0.759 bits per heavy atom. The molecule has 0 heterocycles. The molecular formula is C24H25N3O2. The molecule has 3 aromatic rings. The van der Waals surface area contributed by atoms with Crippen LogP contribution < -0.4 is 15.5 Å². The molecule has 2 N–H and O–H groups in total. The number of hydrogen-bond acceptors (Lipinski definition) is 3.